The van der Waals surface area contributed by atoms with Crippen LogP contribution in [0, 0.1) is 0 Å². The van der Waals surface area contributed by atoms with Gasteiger partial charge in [-0.3, -0.25) is 19.7 Å². The van der Waals surface area contributed by atoms with Crippen molar-refractivity contribution in [2.45, 2.75) is 31.5 Å². The molecule has 0 saturated carbocycles. The van der Waals surface area contributed by atoms with Gasteiger partial charge in [0.1, 0.15) is 11.8 Å². The predicted octanol–water partition coefficient (Wildman–Crippen LogP) is 2.11. The maximum atomic E-state index is 13.2. The molecule has 1 aliphatic heterocycles. The minimum absolute atomic E-state index is 0.0554. The Hall–Kier alpha value is -3.37. The van der Waals surface area contributed by atoms with Crippen molar-refractivity contribution in [2.75, 3.05) is 25.7 Å². The summed E-state index contributed by atoms with van der Waals surface area (Å²) in [5.41, 5.74) is 1.64. The molecule has 1 heterocycles. The van der Waals surface area contributed by atoms with Gasteiger partial charge in [0.15, 0.2) is 0 Å². The topological polar surface area (TPSA) is 123 Å². The largest absolute Gasteiger partial charge is 0.467 e. The second-order valence-electron chi connectivity index (χ2n) is 7.92. The first-order chi connectivity index (χ1) is 16.9. The van der Waals surface area contributed by atoms with E-state index < -0.39 is 23.9 Å². The van der Waals surface area contributed by atoms with Crippen LogP contribution in [0.15, 0.2) is 48.5 Å². The van der Waals surface area contributed by atoms with Gasteiger partial charge in [0.05, 0.1) is 19.8 Å². The molecule has 186 valence electrons. The summed E-state index contributed by atoms with van der Waals surface area (Å²) in [6.45, 7) is -0.0793. The normalized spacial score (nSPS) is 15.7. The first kappa shape index (κ1) is 26.2. The summed E-state index contributed by atoms with van der Waals surface area (Å²) in [4.78, 5) is 49.0. The van der Waals surface area contributed by atoms with E-state index in [4.69, 9.17) is 9.47 Å². The van der Waals surface area contributed by atoms with Crippen LogP contribution in [0.3, 0.4) is 0 Å². The highest BCUT2D eigenvalue weighted by molar-refractivity contribution is 7.98. The number of nitrogens with one attached hydrogen (secondary N) is 3. The molecule has 3 N–H and O–H groups in total. The average molecular weight is 500 g/mol. The molecule has 1 saturated heterocycles. The molecule has 0 aliphatic carbocycles. The summed E-state index contributed by atoms with van der Waals surface area (Å²) >= 11 is 1.57. The quantitative estimate of drug-likeness (QED) is 0.317. The number of benzene rings is 2. The lowest BCUT2D eigenvalue weighted by Gasteiger charge is -2.18. The molecule has 0 bridgehead atoms. The zero-order valence-corrected chi connectivity index (χ0v) is 20.5. The predicted molar refractivity (Wildman–Crippen MR) is 133 cm³/mol. The number of ether oxygens (including phenoxy) is 2. The van der Waals surface area contributed by atoms with Crippen molar-refractivity contribution >= 4 is 35.5 Å². The van der Waals surface area contributed by atoms with Gasteiger partial charge in [0.2, 0.25) is 5.91 Å². The Morgan fingerprint density at radius 2 is 1.94 bits per heavy atom. The summed E-state index contributed by atoms with van der Waals surface area (Å²) in [6, 6.07) is 13.2. The van der Waals surface area contributed by atoms with E-state index >= 15 is 0 Å². The van der Waals surface area contributed by atoms with Crippen molar-refractivity contribution in [2.24, 2.45) is 0 Å². The Morgan fingerprint density at radius 3 is 2.60 bits per heavy atom. The number of amides is 2. The molecule has 2 aromatic rings. The average Bonchev–Trinajstić information content (AvgIpc) is 3.30. The summed E-state index contributed by atoms with van der Waals surface area (Å²) in [7, 11) is 1.29. The van der Waals surface area contributed by atoms with Crippen LogP contribution in [0.4, 0.5) is 0 Å². The summed E-state index contributed by atoms with van der Waals surface area (Å²) in [6.07, 6.45) is 3.13. The van der Waals surface area contributed by atoms with E-state index in [-0.39, 0.29) is 24.4 Å². The van der Waals surface area contributed by atoms with Crippen LogP contribution in [0.25, 0.3) is 11.1 Å². The van der Waals surface area contributed by atoms with E-state index in [2.05, 4.69) is 16.0 Å². The van der Waals surface area contributed by atoms with Gasteiger partial charge < -0.3 is 20.1 Å². The minimum atomic E-state index is -0.775. The van der Waals surface area contributed by atoms with Gasteiger partial charge in [-0.05, 0) is 54.2 Å². The summed E-state index contributed by atoms with van der Waals surface area (Å²) in [5, 5.41) is 8.44. The van der Waals surface area contributed by atoms with Crippen molar-refractivity contribution in [1.82, 2.24) is 16.0 Å². The Balaban J connectivity index is 1.77. The maximum absolute atomic E-state index is 13.2. The monoisotopic (exact) mass is 499 g/mol. The highest BCUT2D eigenvalue weighted by Gasteiger charge is 2.24. The van der Waals surface area contributed by atoms with Crippen molar-refractivity contribution in [3.63, 3.8) is 0 Å². The Labute approximate surface area is 208 Å². The fraction of sp³-hybridized carbons (Fsp3) is 0.360. The van der Waals surface area contributed by atoms with Gasteiger partial charge in [0.25, 0.3) is 5.91 Å². The van der Waals surface area contributed by atoms with Crippen LogP contribution in [0.5, 0.6) is 5.75 Å². The molecule has 0 spiro atoms. The van der Waals surface area contributed by atoms with Crippen LogP contribution in [0.1, 0.15) is 29.6 Å². The number of hydrogen-bond acceptors (Lipinski definition) is 8. The van der Waals surface area contributed by atoms with Crippen LogP contribution in [0.2, 0.25) is 0 Å². The zero-order valence-electron chi connectivity index (χ0n) is 19.7. The molecule has 9 nitrogen and oxygen atoms in total. The third-order valence-electron chi connectivity index (χ3n) is 5.44. The third-order valence-corrected chi connectivity index (χ3v) is 6.09. The number of rotatable bonds is 11. The van der Waals surface area contributed by atoms with Crippen molar-refractivity contribution in [1.29, 1.82) is 0 Å². The third kappa shape index (κ3) is 7.56. The molecule has 1 aliphatic rings. The van der Waals surface area contributed by atoms with Crippen LogP contribution >= 0.6 is 11.8 Å². The molecule has 3 rings (SSSR count). The molecular formula is C25H29N3O6S. The number of carbonyl (C=O) groups excluding carboxylic acids is 4. The highest BCUT2D eigenvalue weighted by Crippen LogP contribution is 2.28. The lowest BCUT2D eigenvalue weighted by molar-refractivity contribution is -0.143. The lowest BCUT2D eigenvalue weighted by Crippen LogP contribution is -2.42. The molecular weight excluding hydrogens is 470 g/mol. The molecule has 10 heteroatoms. The van der Waals surface area contributed by atoms with E-state index in [1.54, 1.807) is 23.9 Å². The number of esters is 2. The van der Waals surface area contributed by atoms with Gasteiger partial charge in [-0.2, -0.15) is 11.8 Å². The van der Waals surface area contributed by atoms with Crippen LogP contribution in [-0.4, -0.2) is 61.6 Å². The van der Waals surface area contributed by atoms with Crippen molar-refractivity contribution < 1.29 is 28.7 Å². The fourth-order valence-electron chi connectivity index (χ4n) is 3.65. The number of carbonyl (C=O) groups is 4. The molecule has 2 amide bonds. The molecule has 35 heavy (non-hydrogen) atoms. The van der Waals surface area contributed by atoms with E-state index in [1.807, 2.05) is 36.6 Å². The molecule has 0 aromatic heterocycles. The summed E-state index contributed by atoms with van der Waals surface area (Å²) in [5.74, 6) is -0.569. The van der Waals surface area contributed by atoms with Crippen LogP contribution < -0.4 is 20.7 Å². The number of methoxy groups -OCH3 is 1. The van der Waals surface area contributed by atoms with Gasteiger partial charge in [-0.1, -0.05) is 30.3 Å². The van der Waals surface area contributed by atoms with E-state index in [1.165, 1.54) is 13.2 Å². The van der Waals surface area contributed by atoms with Gasteiger partial charge in [-0.15, -0.1) is 0 Å². The number of hydrogen-bond donors (Lipinski definition) is 3. The Morgan fingerprint density at radius 1 is 1.17 bits per heavy atom. The first-order valence-corrected chi connectivity index (χ1v) is 12.6. The van der Waals surface area contributed by atoms with Crippen LogP contribution in [-0.2, 0) is 19.1 Å². The second kappa shape index (κ2) is 12.9. The minimum Gasteiger partial charge on any atom is -0.467 e. The van der Waals surface area contributed by atoms with E-state index in [0.29, 0.717) is 36.1 Å². The smallest absolute Gasteiger partial charge is 0.328 e. The summed E-state index contributed by atoms with van der Waals surface area (Å²) < 4.78 is 10.3. The van der Waals surface area contributed by atoms with E-state index in [0.717, 1.165) is 5.56 Å². The van der Waals surface area contributed by atoms with Crippen molar-refractivity contribution in [3.05, 3.63) is 54.1 Å². The molecule has 2 atom stereocenters. The van der Waals surface area contributed by atoms with Gasteiger partial charge in [0, 0.05) is 12.0 Å². The zero-order chi connectivity index (χ0) is 25.2. The molecule has 0 unspecified atom stereocenters. The second-order valence-corrected chi connectivity index (χ2v) is 8.90. The Bertz CT molecular complexity index is 1060. The van der Waals surface area contributed by atoms with E-state index in [9.17, 15) is 19.2 Å². The standard InChI is InChI=1S/C25H29N3O6S/c1-33-25(32)20(12-13-35-2)27-24(31)18-9-8-17(14-19(18)16-6-4-3-5-7-16)34-23(30)15-26-21-10-11-22(29)28-21/h3-9,14,20-21,26H,10-13,15H2,1-2H3,(H,27,31)(H,28,29)/t20-,21-/m0/s1. The Kier molecular flexibility index (Phi) is 9.68. The highest BCUT2D eigenvalue weighted by atomic mass is 32.2. The lowest BCUT2D eigenvalue weighted by atomic mass is 9.98. The molecule has 2 aromatic carbocycles. The van der Waals surface area contributed by atoms with Gasteiger partial charge in [-0.25, -0.2) is 4.79 Å². The SMILES string of the molecule is COC(=O)[C@H](CCSC)NC(=O)c1ccc(OC(=O)CN[C@@H]2CCC(=O)N2)cc1-c1ccccc1. The maximum Gasteiger partial charge on any atom is 0.328 e. The molecule has 1 fully saturated rings. The van der Waals surface area contributed by atoms with Gasteiger partial charge >= 0.3 is 11.9 Å². The molecule has 0 radical (unpaired) electrons. The van der Waals surface area contributed by atoms with Crippen molar-refractivity contribution in [3.8, 4) is 16.9 Å². The number of thioether (sulfide) groups is 1. The fourth-order valence-corrected chi connectivity index (χ4v) is 4.12. The first-order valence-electron chi connectivity index (χ1n) is 11.2.